The molecule has 4 heteroatoms. The molecule has 0 aliphatic carbocycles. The molecular formula is C12H11NO2S. The predicted octanol–water partition coefficient (Wildman–Crippen LogP) is 2.57. The van der Waals surface area contributed by atoms with Gasteiger partial charge in [0.1, 0.15) is 0 Å². The minimum atomic E-state index is -0.181. The summed E-state index contributed by atoms with van der Waals surface area (Å²) in [5.74, 6) is 0.140. The zero-order chi connectivity index (χ0) is 11.4. The average Bonchev–Trinajstić information content (AvgIpc) is 2.78. The van der Waals surface area contributed by atoms with Crippen LogP contribution >= 0.6 is 11.8 Å². The molecule has 0 atom stereocenters. The minimum absolute atomic E-state index is 0.0248. The number of ketones is 1. The fraction of sp³-hybridized carbons (Fsp3) is 0.0833. The molecule has 0 fully saturated rings. The molecule has 0 saturated carbocycles. The maximum absolute atomic E-state index is 11.3. The first kappa shape index (κ1) is 11.0. The van der Waals surface area contributed by atoms with Crippen molar-refractivity contribution in [3.05, 3.63) is 48.2 Å². The number of Topliss-reactive ketones (excluding diaryl/α,β-unsaturated/α-hetero) is 1. The number of nitrogens with two attached hydrogens (primary N) is 1. The van der Waals surface area contributed by atoms with Crippen molar-refractivity contribution in [1.82, 2.24) is 0 Å². The molecule has 0 saturated heterocycles. The van der Waals surface area contributed by atoms with Gasteiger partial charge in [-0.3, -0.25) is 4.79 Å². The standard InChI is InChI=1S/C12H11NO2S/c13-8-10(14)11-6-7-12(15-11)16-9-4-2-1-3-5-9/h1-7H,8,13H2. The Hall–Kier alpha value is -1.52. The van der Waals surface area contributed by atoms with Crippen molar-refractivity contribution < 1.29 is 9.21 Å². The summed E-state index contributed by atoms with van der Waals surface area (Å²) in [6.45, 7) is -0.0248. The quantitative estimate of drug-likeness (QED) is 0.824. The normalized spacial score (nSPS) is 10.3. The van der Waals surface area contributed by atoms with Crippen LogP contribution in [0.4, 0.5) is 0 Å². The van der Waals surface area contributed by atoms with Crippen molar-refractivity contribution in [1.29, 1.82) is 0 Å². The molecule has 0 aliphatic rings. The number of hydrogen-bond acceptors (Lipinski definition) is 4. The average molecular weight is 233 g/mol. The highest BCUT2D eigenvalue weighted by molar-refractivity contribution is 7.99. The second-order valence-corrected chi connectivity index (χ2v) is 4.24. The van der Waals surface area contributed by atoms with Gasteiger partial charge in [-0.15, -0.1) is 0 Å². The van der Waals surface area contributed by atoms with E-state index in [-0.39, 0.29) is 12.3 Å². The molecule has 16 heavy (non-hydrogen) atoms. The highest BCUT2D eigenvalue weighted by atomic mass is 32.2. The van der Waals surface area contributed by atoms with Crippen LogP contribution in [-0.4, -0.2) is 12.3 Å². The molecule has 0 aliphatic heterocycles. The number of furan rings is 1. The van der Waals surface area contributed by atoms with Crippen LogP contribution in [0.1, 0.15) is 10.6 Å². The van der Waals surface area contributed by atoms with E-state index < -0.39 is 0 Å². The van der Waals surface area contributed by atoms with Gasteiger partial charge in [0.05, 0.1) is 6.54 Å². The molecule has 82 valence electrons. The van der Waals surface area contributed by atoms with Crippen LogP contribution in [0.3, 0.4) is 0 Å². The molecule has 0 radical (unpaired) electrons. The predicted molar refractivity (Wildman–Crippen MR) is 62.7 cm³/mol. The van der Waals surface area contributed by atoms with Crippen molar-refractivity contribution in [2.24, 2.45) is 5.73 Å². The van der Waals surface area contributed by atoms with E-state index >= 15 is 0 Å². The molecular weight excluding hydrogens is 222 g/mol. The fourth-order valence-corrected chi connectivity index (χ4v) is 2.02. The first-order chi connectivity index (χ1) is 7.79. The monoisotopic (exact) mass is 233 g/mol. The highest BCUT2D eigenvalue weighted by Crippen LogP contribution is 2.28. The van der Waals surface area contributed by atoms with Gasteiger partial charge in [0.15, 0.2) is 10.9 Å². The summed E-state index contributed by atoms with van der Waals surface area (Å²) >= 11 is 1.48. The summed E-state index contributed by atoms with van der Waals surface area (Å²) in [7, 11) is 0. The Morgan fingerprint density at radius 3 is 2.62 bits per heavy atom. The van der Waals surface area contributed by atoms with Gasteiger partial charge in [-0.25, -0.2) is 0 Å². The zero-order valence-corrected chi connectivity index (χ0v) is 9.37. The van der Waals surface area contributed by atoms with E-state index in [1.807, 2.05) is 30.3 Å². The molecule has 2 rings (SSSR count). The van der Waals surface area contributed by atoms with Gasteiger partial charge in [-0.2, -0.15) is 0 Å². The van der Waals surface area contributed by atoms with E-state index in [0.29, 0.717) is 10.9 Å². The lowest BCUT2D eigenvalue weighted by Crippen LogP contribution is -2.12. The van der Waals surface area contributed by atoms with E-state index in [9.17, 15) is 4.79 Å². The number of hydrogen-bond donors (Lipinski definition) is 1. The summed E-state index contributed by atoms with van der Waals surface area (Å²) < 4.78 is 5.37. The Labute approximate surface area is 97.6 Å². The van der Waals surface area contributed by atoms with Gasteiger partial charge in [0, 0.05) is 4.90 Å². The maximum atomic E-state index is 11.3. The lowest BCUT2D eigenvalue weighted by Gasteiger charge is -1.96. The second kappa shape index (κ2) is 5.01. The molecule has 3 nitrogen and oxygen atoms in total. The van der Waals surface area contributed by atoms with Crippen LogP contribution in [0.2, 0.25) is 0 Å². The van der Waals surface area contributed by atoms with Crippen molar-refractivity contribution in [3.63, 3.8) is 0 Å². The first-order valence-electron chi connectivity index (χ1n) is 4.85. The van der Waals surface area contributed by atoms with Gasteiger partial charge in [-0.05, 0) is 24.3 Å². The molecule has 1 aromatic carbocycles. The molecule has 2 N–H and O–H groups in total. The fourth-order valence-electron chi connectivity index (χ4n) is 1.23. The third kappa shape index (κ3) is 2.53. The third-order valence-electron chi connectivity index (χ3n) is 2.00. The van der Waals surface area contributed by atoms with E-state index in [1.165, 1.54) is 11.8 Å². The Morgan fingerprint density at radius 2 is 1.94 bits per heavy atom. The third-order valence-corrected chi connectivity index (χ3v) is 2.93. The van der Waals surface area contributed by atoms with Gasteiger partial charge < -0.3 is 10.2 Å². The lowest BCUT2D eigenvalue weighted by molar-refractivity contribution is 0.0970. The molecule has 2 aromatic rings. The molecule has 0 unspecified atom stereocenters. The van der Waals surface area contributed by atoms with Crippen molar-refractivity contribution in [2.45, 2.75) is 9.99 Å². The van der Waals surface area contributed by atoms with E-state index in [2.05, 4.69) is 0 Å². The largest absolute Gasteiger partial charge is 0.446 e. The molecule has 1 heterocycles. The number of carbonyl (C=O) groups excluding carboxylic acids is 1. The van der Waals surface area contributed by atoms with Crippen LogP contribution in [-0.2, 0) is 0 Å². The van der Waals surface area contributed by atoms with E-state index in [1.54, 1.807) is 12.1 Å². The number of rotatable bonds is 4. The Bertz CT molecular complexity index is 479. The van der Waals surface area contributed by atoms with Crippen LogP contribution in [0.25, 0.3) is 0 Å². The van der Waals surface area contributed by atoms with E-state index in [0.717, 1.165) is 4.90 Å². The van der Waals surface area contributed by atoms with Gasteiger partial charge >= 0.3 is 0 Å². The molecule has 0 bridgehead atoms. The van der Waals surface area contributed by atoms with Crippen LogP contribution in [0.5, 0.6) is 0 Å². The molecule has 0 amide bonds. The van der Waals surface area contributed by atoms with Crippen LogP contribution in [0.15, 0.2) is 56.9 Å². The van der Waals surface area contributed by atoms with E-state index in [4.69, 9.17) is 10.2 Å². The summed E-state index contributed by atoms with van der Waals surface area (Å²) in [5.41, 5.74) is 5.25. The Morgan fingerprint density at radius 1 is 1.19 bits per heavy atom. The Kier molecular flexibility index (Phi) is 3.44. The van der Waals surface area contributed by atoms with Crippen LogP contribution < -0.4 is 5.73 Å². The topological polar surface area (TPSA) is 56.2 Å². The smallest absolute Gasteiger partial charge is 0.211 e. The van der Waals surface area contributed by atoms with Gasteiger partial charge in [0.25, 0.3) is 0 Å². The maximum Gasteiger partial charge on any atom is 0.211 e. The summed E-state index contributed by atoms with van der Waals surface area (Å²) in [5, 5.41) is 0.697. The summed E-state index contributed by atoms with van der Waals surface area (Å²) in [4.78, 5) is 12.3. The lowest BCUT2D eigenvalue weighted by atomic mass is 10.3. The SMILES string of the molecule is NCC(=O)c1ccc(Sc2ccccc2)o1. The zero-order valence-electron chi connectivity index (χ0n) is 8.55. The Balaban J connectivity index is 2.12. The van der Waals surface area contributed by atoms with Crippen LogP contribution in [0, 0.1) is 0 Å². The number of benzene rings is 1. The van der Waals surface area contributed by atoms with Crippen molar-refractivity contribution in [3.8, 4) is 0 Å². The number of carbonyl (C=O) groups is 1. The second-order valence-electron chi connectivity index (χ2n) is 3.16. The first-order valence-corrected chi connectivity index (χ1v) is 5.67. The molecule has 1 aromatic heterocycles. The highest BCUT2D eigenvalue weighted by Gasteiger charge is 2.09. The van der Waals surface area contributed by atoms with Gasteiger partial charge in [0.2, 0.25) is 5.78 Å². The summed E-state index contributed by atoms with van der Waals surface area (Å²) in [6.07, 6.45) is 0. The minimum Gasteiger partial charge on any atom is -0.446 e. The van der Waals surface area contributed by atoms with Crippen molar-refractivity contribution >= 4 is 17.5 Å². The molecule has 0 spiro atoms. The summed E-state index contributed by atoms with van der Waals surface area (Å²) in [6, 6.07) is 13.3. The van der Waals surface area contributed by atoms with Crippen molar-refractivity contribution in [2.75, 3.05) is 6.54 Å². The van der Waals surface area contributed by atoms with Gasteiger partial charge in [-0.1, -0.05) is 30.0 Å².